The monoisotopic (exact) mass is 610 g/mol. The molecular weight excluding hydrogens is 568 g/mol. The van der Waals surface area contributed by atoms with Crippen molar-refractivity contribution in [2.24, 2.45) is 5.10 Å². The first-order chi connectivity index (χ1) is 21.9. The number of carbonyl (C=O) groups is 1. The van der Waals surface area contributed by atoms with Crippen LogP contribution < -0.4 is 11.0 Å². The van der Waals surface area contributed by atoms with Crippen LogP contribution >= 0.6 is 0 Å². The predicted octanol–water partition coefficient (Wildman–Crippen LogP) is 4.90. The molecule has 0 radical (unpaired) electrons. The van der Waals surface area contributed by atoms with Crippen molar-refractivity contribution in [1.29, 1.82) is 0 Å². The van der Waals surface area contributed by atoms with Crippen LogP contribution in [-0.2, 0) is 22.4 Å². The van der Waals surface area contributed by atoms with Crippen LogP contribution in [0.4, 0.5) is 0 Å². The highest BCUT2D eigenvalue weighted by atomic mass is 16.5. The van der Waals surface area contributed by atoms with E-state index in [0.29, 0.717) is 43.2 Å². The summed E-state index contributed by atoms with van der Waals surface area (Å²) in [4.78, 5) is 31.4. The van der Waals surface area contributed by atoms with Gasteiger partial charge in [0.15, 0.2) is 0 Å². The number of rotatable bonds is 11. The molecule has 1 aliphatic carbocycles. The van der Waals surface area contributed by atoms with E-state index in [2.05, 4.69) is 35.7 Å². The van der Waals surface area contributed by atoms with Crippen LogP contribution in [0.3, 0.4) is 0 Å². The molecule has 10 heteroatoms. The number of fused-ring (bicyclic) bond motifs is 1. The summed E-state index contributed by atoms with van der Waals surface area (Å²) in [5.74, 6) is 1.10. The van der Waals surface area contributed by atoms with E-state index in [1.165, 1.54) is 0 Å². The van der Waals surface area contributed by atoms with Crippen LogP contribution in [0, 0.1) is 6.92 Å². The van der Waals surface area contributed by atoms with Gasteiger partial charge >= 0.3 is 0 Å². The summed E-state index contributed by atoms with van der Waals surface area (Å²) in [6.07, 6.45) is 5.71. The Balaban J connectivity index is 1.39. The summed E-state index contributed by atoms with van der Waals surface area (Å²) in [6.45, 7) is 6.27. The number of hydrogen-bond acceptors (Lipinski definition) is 7. The molecule has 2 N–H and O–H groups in total. The van der Waals surface area contributed by atoms with Gasteiger partial charge in [0.2, 0.25) is 11.7 Å². The first kappa shape index (κ1) is 30.9. The van der Waals surface area contributed by atoms with Crippen molar-refractivity contribution >= 4 is 17.4 Å². The van der Waals surface area contributed by atoms with E-state index >= 15 is 0 Å². The highest BCUT2D eigenvalue weighted by molar-refractivity contribution is 6.16. The zero-order valence-electron chi connectivity index (χ0n) is 26.3. The number of aryl methyl sites for hydroxylation is 2. The van der Waals surface area contributed by atoms with Crippen molar-refractivity contribution in [3.8, 4) is 11.1 Å². The summed E-state index contributed by atoms with van der Waals surface area (Å²) < 4.78 is 9.75. The molecule has 236 valence electrons. The standard InChI is InChI=1S/C35H42N6O4/c1-4-9-32-30(19-23-12-17-28(24-10-7-6-8-11-24)29(18-23)31-20-33(43)38-37-31)34(44)40(35-36-22(3)39-41(32)35)25-13-15-27(16-14-25)45-21-26(42)5-2/h6-8,10-12,17-18,25-27,42H,4-5,9,13-16,19-21H2,1-3H3,(H,38,43). The van der Waals surface area contributed by atoms with Gasteiger partial charge in [0.1, 0.15) is 5.82 Å². The van der Waals surface area contributed by atoms with Crippen molar-refractivity contribution in [2.45, 2.75) is 96.8 Å². The molecule has 0 bridgehead atoms. The SMILES string of the molecule is CCCc1c(Cc2ccc(-c3ccccc3)c(C3=NNC(=O)C3)c2)c(=O)n(C2CCC(OCC(O)CC)CC2)c2nc(C)nn12. The van der Waals surface area contributed by atoms with Gasteiger partial charge < -0.3 is 9.84 Å². The zero-order valence-corrected chi connectivity index (χ0v) is 26.3. The van der Waals surface area contributed by atoms with Crippen molar-refractivity contribution < 1.29 is 14.6 Å². The average Bonchev–Trinajstić information content (AvgIpc) is 3.67. The van der Waals surface area contributed by atoms with E-state index < -0.39 is 6.10 Å². The first-order valence-corrected chi connectivity index (χ1v) is 16.2. The summed E-state index contributed by atoms with van der Waals surface area (Å²) in [5, 5.41) is 19.1. The Bertz CT molecular complexity index is 1770. The molecule has 1 atom stereocenters. The normalized spacial score (nSPS) is 19.1. The van der Waals surface area contributed by atoms with Gasteiger partial charge in [-0.15, -0.1) is 0 Å². The quantitative estimate of drug-likeness (QED) is 0.249. The zero-order chi connectivity index (χ0) is 31.5. The predicted molar refractivity (Wildman–Crippen MR) is 174 cm³/mol. The maximum absolute atomic E-state index is 14.5. The number of nitrogens with zero attached hydrogens (tertiary/aromatic N) is 5. The maximum atomic E-state index is 14.5. The van der Waals surface area contributed by atoms with Gasteiger partial charge in [0.25, 0.3) is 5.56 Å². The fourth-order valence-electron chi connectivity index (χ4n) is 6.59. The molecule has 10 nitrogen and oxygen atoms in total. The average molecular weight is 611 g/mol. The van der Waals surface area contributed by atoms with Crippen molar-refractivity contribution in [3.63, 3.8) is 0 Å². The molecule has 4 aromatic rings. The Labute approximate surface area is 263 Å². The Hall–Kier alpha value is -4.15. The second-order valence-electron chi connectivity index (χ2n) is 12.2. The van der Waals surface area contributed by atoms with Gasteiger partial charge in [-0.1, -0.05) is 62.7 Å². The fourth-order valence-corrected chi connectivity index (χ4v) is 6.59. The molecular formula is C35H42N6O4. The van der Waals surface area contributed by atoms with Crippen LogP contribution in [0.5, 0.6) is 0 Å². The molecule has 2 aromatic carbocycles. The van der Waals surface area contributed by atoms with Crippen molar-refractivity contribution in [1.82, 2.24) is 24.6 Å². The number of carbonyl (C=O) groups excluding carboxylic acids is 1. The second kappa shape index (κ2) is 13.5. The van der Waals surface area contributed by atoms with Gasteiger partial charge in [-0.25, -0.2) is 9.94 Å². The minimum Gasteiger partial charge on any atom is -0.391 e. The Kier molecular flexibility index (Phi) is 9.23. The number of nitrogens with one attached hydrogen (secondary N) is 1. The summed E-state index contributed by atoms with van der Waals surface area (Å²) in [6, 6.07) is 16.3. The lowest BCUT2D eigenvalue weighted by molar-refractivity contribution is -0.119. The van der Waals surface area contributed by atoms with Gasteiger partial charge in [0.05, 0.1) is 36.6 Å². The fraction of sp³-hybridized carbons (Fsp3) is 0.457. The number of hydrazone groups is 1. The molecule has 0 saturated heterocycles. The van der Waals surface area contributed by atoms with Gasteiger partial charge in [-0.2, -0.15) is 15.2 Å². The highest BCUT2D eigenvalue weighted by Gasteiger charge is 2.29. The third-order valence-corrected chi connectivity index (χ3v) is 8.99. The summed E-state index contributed by atoms with van der Waals surface area (Å²) >= 11 is 0. The van der Waals surface area contributed by atoms with E-state index in [1.807, 2.05) is 53.3 Å². The lowest BCUT2D eigenvalue weighted by atomic mass is 9.91. The minimum absolute atomic E-state index is 0.0186. The number of aromatic nitrogens is 4. The van der Waals surface area contributed by atoms with Crippen LogP contribution in [-0.4, -0.2) is 54.7 Å². The number of aliphatic hydroxyl groups excluding tert-OH is 1. The van der Waals surface area contributed by atoms with Crippen molar-refractivity contribution in [3.05, 3.63) is 87.1 Å². The molecule has 1 aliphatic heterocycles. The maximum Gasteiger partial charge on any atom is 0.259 e. The number of ether oxygens (including phenoxy) is 1. The van der Waals surface area contributed by atoms with Crippen molar-refractivity contribution in [2.75, 3.05) is 6.61 Å². The summed E-state index contributed by atoms with van der Waals surface area (Å²) in [5.41, 5.74) is 8.77. The van der Waals surface area contributed by atoms with E-state index in [1.54, 1.807) is 0 Å². The molecule has 1 amide bonds. The summed E-state index contributed by atoms with van der Waals surface area (Å²) in [7, 11) is 0. The highest BCUT2D eigenvalue weighted by Crippen LogP contribution is 2.32. The molecule has 6 rings (SSSR count). The van der Waals surface area contributed by atoms with E-state index in [4.69, 9.17) is 14.8 Å². The number of aliphatic hydroxyl groups is 1. The lowest BCUT2D eigenvalue weighted by Crippen LogP contribution is -2.35. The van der Waals surface area contributed by atoms with E-state index in [9.17, 15) is 14.7 Å². The molecule has 2 aliphatic rings. The number of benzene rings is 2. The number of amides is 1. The molecule has 2 aromatic heterocycles. The lowest BCUT2D eigenvalue weighted by Gasteiger charge is -2.31. The Morgan fingerprint density at radius 1 is 1.04 bits per heavy atom. The molecule has 1 fully saturated rings. The molecule has 0 spiro atoms. The molecule has 3 heterocycles. The smallest absolute Gasteiger partial charge is 0.259 e. The van der Waals surface area contributed by atoms with Crippen LogP contribution in [0.15, 0.2) is 58.4 Å². The topological polar surface area (TPSA) is 123 Å². The van der Waals surface area contributed by atoms with Gasteiger partial charge in [0, 0.05) is 23.6 Å². The molecule has 1 saturated carbocycles. The van der Waals surface area contributed by atoms with Crippen LogP contribution in [0.2, 0.25) is 0 Å². The molecule has 1 unspecified atom stereocenters. The first-order valence-electron chi connectivity index (χ1n) is 16.2. The Morgan fingerprint density at radius 2 is 1.82 bits per heavy atom. The minimum atomic E-state index is -0.447. The van der Waals surface area contributed by atoms with Gasteiger partial charge in [-0.05, 0) is 68.2 Å². The second-order valence-corrected chi connectivity index (χ2v) is 12.2. The Morgan fingerprint density at radius 3 is 2.51 bits per heavy atom. The third kappa shape index (κ3) is 6.48. The van der Waals surface area contributed by atoms with Crippen LogP contribution in [0.25, 0.3) is 16.9 Å². The number of hydrogen-bond donors (Lipinski definition) is 2. The largest absolute Gasteiger partial charge is 0.391 e. The third-order valence-electron chi connectivity index (χ3n) is 8.99. The van der Waals surface area contributed by atoms with E-state index in [0.717, 1.165) is 65.6 Å². The molecule has 45 heavy (non-hydrogen) atoms. The van der Waals surface area contributed by atoms with E-state index in [-0.39, 0.29) is 30.0 Å². The van der Waals surface area contributed by atoms with Crippen LogP contribution in [0.1, 0.15) is 93.0 Å². The van der Waals surface area contributed by atoms with Gasteiger partial charge in [-0.3, -0.25) is 14.2 Å².